The lowest BCUT2D eigenvalue weighted by Crippen LogP contribution is -2.48. The maximum Gasteiger partial charge on any atom is 0.303 e. The molecule has 1 N–H and O–H groups in total. The molecule has 0 amide bonds. The van der Waals surface area contributed by atoms with Gasteiger partial charge >= 0.3 is 17.9 Å². The molecular formula is C13H16N4O7. The van der Waals surface area contributed by atoms with Crippen molar-refractivity contribution in [3.8, 4) is 0 Å². The second kappa shape index (κ2) is 7.53. The third-order valence-corrected chi connectivity index (χ3v) is 2.90. The van der Waals surface area contributed by atoms with Crippen LogP contribution in [-0.2, 0) is 33.3 Å². The summed E-state index contributed by atoms with van der Waals surface area (Å²) in [6.45, 7) is 3.42. The number of nitrogens with zero attached hydrogens (tertiary/aromatic N) is 3. The van der Waals surface area contributed by atoms with Crippen LogP contribution in [0.3, 0.4) is 0 Å². The molecule has 0 radical (unpaired) electrons. The van der Waals surface area contributed by atoms with Gasteiger partial charge in [0.25, 0.3) is 0 Å². The average Bonchev–Trinajstić information content (AvgIpc) is 3.00. The first kappa shape index (κ1) is 17.4. The standard InChI is InChI=1S/C13H16N4O7/c1-6(18)21-5-11-12(23-8(3)20)9(22-7(2)19)4-10(24-11)13-14-16-17-15-13/h4,9,11-12H,5H2,1-3H3,(H,14,15,16,17)/t9-,11-,12+/m1/s1. The van der Waals surface area contributed by atoms with Crippen LogP contribution >= 0.6 is 0 Å². The minimum absolute atomic E-state index is 0.112. The largest absolute Gasteiger partial charge is 0.479 e. The van der Waals surface area contributed by atoms with Crippen molar-refractivity contribution < 1.29 is 33.3 Å². The molecule has 0 fully saturated rings. The summed E-state index contributed by atoms with van der Waals surface area (Å²) >= 11 is 0. The fourth-order valence-corrected chi connectivity index (χ4v) is 2.07. The highest BCUT2D eigenvalue weighted by atomic mass is 16.6. The molecule has 0 bridgehead atoms. The van der Waals surface area contributed by atoms with Gasteiger partial charge in [0.15, 0.2) is 24.1 Å². The fraction of sp³-hybridized carbons (Fsp3) is 0.538. The Balaban J connectivity index is 2.32. The molecule has 11 heteroatoms. The molecule has 11 nitrogen and oxygen atoms in total. The number of carbonyl (C=O) groups is 3. The van der Waals surface area contributed by atoms with Crippen molar-refractivity contribution in [3.63, 3.8) is 0 Å². The monoisotopic (exact) mass is 340 g/mol. The third kappa shape index (κ3) is 4.51. The molecule has 130 valence electrons. The van der Waals surface area contributed by atoms with E-state index in [1.807, 2.05) is 0 Å². The van der Waals surface area contributed by atoms with Crippen molar-refractivity contribution in [3.05, 3.63) is 11.9 Å². The van der Waals surface area contributed by atoms with Gasteiger partial charge < -0.3 is 18.9 Å². The number of ether oxygens (including phenoxy) is 4. The van der Waals surface area contributed by atoms with Crippen LogP contribution in [-0.4, -0.2) is 63.5 Å². The lowest BCUT2D eigenvalue weighted by Gasteiger charge is -2.34. The predicted octanol–water partition coefficient (Wildman–Crippen LogP) is -0.634. The molecule has 0 spiro atoms. The number of rotatable bonds is 5. The quantitative estimate of drug-likeness (QED) is 0.543. The van der Waals surface area contributed by atoms with E-state index in [0.29, 0.717) is 0 Å². The van der Waals surface area contributed by atoms with Gasteiger partial charge in [-0.1, -0.05) is 0 Å². The summed E-state index contributed by atoms with van der Waals surface area (Å²) in [5.41, 5.74) is 0. The summed E-state index contributed by atoms with van der Waals surface area (Å²) in [5, 5.41) is 13.2. The second-order valence-corrected chi connectivity index (χ2v) is 4.87. The van der Waals surface area contributed by atoms with Crippen LogP contribution in [0.1, 0.15) is 26.6 Å². The first-order valence-corrected chi connectivity index (χ1v) is 6.97. The lowest BCUT2D eigenvalue weighted by molar-refractivity contribution is -0.177. The Bertz CT molecular complexity index is 643. The van der Waals surface area contributed by atoms with Crippen molar-refractivity contribution >= 4 is 23.7 Å². The van der Waals surface area contributed by atoms with Crippen LogP contribution in [0.4, 0.5) is 0 Å². The Labute approximate surface area is 136 Å². The number of H-pyrrole nitrogens is 1. The maximum absolute atomic E-state index is 11.4. The highest BCUT2D eigenvalue weighted by Gasteiger charge is 2.41. The first-order valence-electron chi connectivity index (χ1n) is 6.97. The van der Waals surface area contributed by atoms with Gasteiger partial charge in [0.2, 0.25) is 5.82 Å². The zero-order chi connectivity index (χ0) is 17.7. The molecule has 3 atom stereocenters. The Morgan fingerprint density at radius 2 is 1.88 bits per heavy atom. The minimum Gasteiger partial charge on any atom is -0.479 e. The van der Waals surface area contributed by atoms with Crippen molar-refractivity contribution in [1.29, 1.82) is 0 Å². The topological polar surface area (TPSA) is 143 Å². The number of carbonyl (C=O) groups excluding carboxylic acids is 3. The highest BCUT2D eigenvalue weighted by molar-refractivity contribution is 5.69. The normalized spacial score (nSPS) is 22.8. The third-order valence-electron chi connectivity index (χ3n) is 2.90. The second-order valence-electron chi connectivity index (χ2n) is 4.87. The van der Waals surface area contributed by atoms with E-state index in [4.69, 9.17) is 18.9 Å². The van der Waals surface area contributed by atoms with E-state index in [2.05, 4.69) is 20.6 Å². The van der Waals surface area contributed by atoms with Crippen molar-refractivity contribution in [1.82, 2.24) is 20.6 Å². The Morgan fingerprint density at radius 3 is 2.42 bits per heavy atom. The maximum atomic E-state index is 11.4. The lowest BCUT2D eigenvalue weighted by atomic mass is 10.0. The Kier molecular flexibility index (Phi) is 5.45. The number of aromatic nitrogens is 4. The Hall–Kier alpha value is -2.98. The van der Waals surface area contributed by atoms with Crippen molar-refractivity contribution in [2.45, 2.75) is 39.1 Å². The van der Waals surface area contributed by atoms with E-state index >= 15 is 0 Å². The van der Waals surface area contributed by atoms with Crippen LogP contribution < -0.4 is 0 Å². The van der Waals surface area contributed by atoms with Crippen LogP contribution in [0.5, 0.6) is 0 Å². The van der Waals surface area contributed by atoms with Gasteiger partial charge in [0, 0.05) is 26.8 Å². The minimum atomic E-state index is -0.999. The molecule has 2 heterocycles. The molecule has 0 saturated heterocycles. The average molecular weight is 340 g/mol. The summed E-state index contributed by atoms with van der Waals surface area (Å²) in [6, 6.07) is 0. The molecule has 1 aromatic heterocycles. The van der Waals surface area contributed by atoms with Gasteiger partial charge in [0.05, 0.1) is 0 Å². The number of nitrogens with one attached hydrogen (secondary N) is 1. The molecule has 1 aliphatic heterocycles. The van der Waals surface area contributed by atoms with Gasteiger partial charge in [0.1, 0.15) is 6.61 Å². The van der Waals surface area contributed by atoms with E-state index in [-0.39, 0.29) is 18.2 Å². The van der Waals surface area contributed by atoms with E-state index in [0.717, 1.165) is 0 Å². The van der Waals surface area contributed by atoms with E-state index in [9.17, 15) is 14.4 Å². The van der Waals surface area contributed by atoms with Gasteiger partial charge in [-0.3, -0.25) is 14.4 Å². The van der Waals surface area contributed by atoms with E-state index in [1.54, 1.807) is 0 Å². The molecule has 0 unspecified atom stereocenters. The summed E-state index contributed by atoms with van der Waals surface area (Å²) in [4.78, 5) is 33.8. The van der Waals surface area contributed by atoms with Crippen LogP contribution in [0.15, 0.2) is 6.08 Å². The molecule has 0 aliphatic carbocycles. The SMILES string of the molecule is CC(=O)OC[C@H]1OC(c2nn[nH]n2)=C[C@@H](OC(C)=O)[C@@H]1OC(C)=O. The van der Waals surface area contributed by atoms with E-state index < -0.39 is 36.2 Å². The molecule has 24 heavy (non-hydrogen) atoms. The Morgan fingerprint density at radius 1 is 1.17 bits per heavy atom. The van der Waals surface area contributed by atoms with Gasteiger partial charge in [-0.05, 0) is 5.21 Å². The van der Waals surface area contributed by atoms with Gasteiger partial charge in [-0.15, -0.1) is 10.2 Å². The zero-order valence-electron chi connectivity index (χ0n) is 13.2. The summed E-state index contributed by atoms with van der Waals surface area (Å²) in [6.07, 6.45) is -1.49. The number of esters is 3. The molecule has 0 aromatic carbocycles. The number of hydrogen-bond donors (Lipinski definition) is 1. The van der Waals surface area contributed by atoms with Crippen molar-refractivity contribution in [2.75, 3.05) is 6.61 Å². The fourth-order valence-electron chi connectivity index (χ4n) is 2.07. The highest BCUT2D eigenvalue weighted by Crippen LogP contribution is 2.28. The molecule has 2 rings (SSSR count). The smallest absolute Gasteiger partial charge is 0.303 e. The van der Waals surface area contributed by atoms with Crippen LogP contribution in [0.25, 0.3) is 5.76 Å². The van der Waals surface area contributed by atoms with Crippen LogP contribution in [0, 0.1) is 0 Å². The van der Waals surface area contributed by atoms with Gasteiger partial charge in [-0.25, -0.2) is 0 Å². The summed E-state index contributed by atoms with van der Waals surface area (Å²) in [7, 11) is 0. The number of tetrazole rings is 1. The first-order chi connectivity index (χ1) is 11.4. The zero-order valence-corrected chi connectivity index (χ0v) is 13.2. The number of hydrogen-bond acceptors (Lipinski definition) is 10. The van der Waals surface area contributed by atoms with Crippen molar-refractivity contribution in [2.24, 2.45) is 0 Å². The molecular weight excluding hydrogens is 324 g/mol. The summed E-state index contributed by atoms with van der Waals surface area (Å²) < 4.78 is 20.9. The molecule has 0 saturated carbocycles. The summed E-state index contributed by atoms with van der Waals surface area (Å²) in [5.74, 6) is -1.48. The van der Waals surface area contributed by atoms with Crippen LogP contribution in [0.2, 0.25) is 0 Å². The number of aromatic amines is 1. The molecule has 1 aliphatic rings. The van der Waals surface area contributed by atoms with Gasteiger partial charge in [-0.2, -0.15) is 5.21 Å². The predicted molar refractivity (Wildman–Crippen MR) is 74.8 cm³/mol. The molecule has 1 aromatic rings. The van der Waals surface area contributed by atoms with E-state index in [1.165, 1.54) is 26.8 Å².